The molecule has 0 saturated heterocycles. The van der Waals surface area contributed by atoms with E-state index in [-0.39, 0.29) is 0 Å². The zero-order chi connectivity index (χ0) is 5.70. The minimum atomic E-state index is 0.969. The highest BCUT2D eigenvalue weighted by molar-refractivity contribution is 5.09. The lowest BCUT2D eigenvalue weighted by molar-refractivity contribution is 1.57. The van der Waals surface area contributed by atoms with E-state index in [1.807, 2.05) is 6.92 Å². The fraction of sp³-hybridized carbons (Fsp3) is 0.143. The molecule has 0 bridgehead atoms. The molecule has 0 atom stereocenters. The summed E-state index contributed by atoms with van der Waals surface area (Å²) in [5.41, 5.74) is 6.11. The summed E-state index contributed by atoms with van der Waals surface area (Å²) in [5, 5.41) is 0. The third-order valence-electron chi connectivity index (χ3n) is 0.421. The monoisotopic (exact) mass is 92.1 g/mol. The zero-order valence-electron chi connectivity index (χ0n) is 4.49. The molecule has 0 aliphatic carbocycles. The molecule has 0 spiro atoms. The molecule has 0 aromatic carbocycles. The van der Waals surface area contributed by atoms with Gasteiger partial charge in [-0.25, -0.2) is 0 Å². The van der Waals surface area contributed by atoms with E-state index in [1.165, 1.54) is 0 Å². The highest BCUT2D eigenvalue weighted by atomic mass is 13.7. The third-order valence-corrected chi connectivity index (χ3v) is 0.421. The molecule has 0 N–H and O–H groups in total. The van der Waals surface area contributed by atoms with Gasteiger partial charge in [-0.1, -0.05) is 18.0 Å². The van der Waals surface area contributed by atoms with E-state index in [4.69, 9.17) is 0 Å². The highest BCUT2D eigenvalue weighted by Gasteiger charge is 1.63. The first kappa shape index (κ1) is 6.04. The lowest BCUT2D eigenvalue weighted by Crippen LogP contribution is -1.52. The molecule has 0 aliphatic rings. The maximum Gasteiger partial charge on any atom is -0.00922 e. The first-order valence-electron chi connectivity index (χ1n) is 2.03. The quantitative estimate of drug-likeness (QED) is 0.343. The largest absolute Gasteiger partial charge is 0.0955 e. The summed E-state index contributed by atoms with van der Waals surface area (Å²) >= 11 is 0. The topological polar surface area (TPSA) is 0 Å². The molecule has 36 valence electrons. The lowest BCUT2D eigenvalue weighted by atomic mass is 10.3. The standard InChI is InChI=1S/C7H8/c1-4-5-6-7(2)3/h6H,1-2H2,3H3. The molecule has 0 amide bonds. The Balaban J connectivity index is 3.96. The van der Waals surface area contributed by atoms with E-state index in [1.54, 1.807) is 6.08 Å². The van der Waals surface area contributed by atoms with Gasteiger partial charge in [0.05, 0.1) is 0 Å². The van der Waals surface area contributed by atoms with Crippen LogP contribution in [0, 0.1) is 0 Å². The number of hydrogen-bond acceptors (Lipinski definition) is 0. The van der Waals surface area contributed by atoms with Crippen molar-refractivity contribution < 1.29 is 0 Å². The van der Waals surface area contributed by atoms with Gasteiger partial charge in [-0.3, -0.25) is 0 Å². The van der Waals surface area contributed by atoms with Crippen LogP contribution in [0.2, 0.25) is 0 Å². The van der Waals surface area contributed by atoms with Gasteiger partial charge < -0.3 is 0 Å². The van der Waals surface area contributed by atoms with Crippen LogP contribution in [0.5, 0.6) is 0 Å². The second-order valence-corrected chi connectivity index (χ2v) is 1.31. The van der Waals surface area contributed by atoms with Crippen LogP contribution in [0.15, 0.2) is 36.3 Å². The molecule has 0 heterocycles. The minimum absolute atomic E-state index is 0.969. The molecule has 0 nitrogen and oxygen atoms in total. The predicted molar refractivity (Wildman–Crippen MR) is 32.0 cm³/mol. The van der Waals surface area contributed by atoms with Crippen LogP contribution in [0.25, 0.3) is 0 Å². The van der Waals surface area contributed by atoms with Crippen molar-refractivity contribution in [2.24, 2.45) is 0 Å². The molecular weight excluding hydrogens is 84.1 g/mol. The SMILES string of the molecule is C=C=C=CC(=C)C. The molecule has 0 aromatic rings. The van der Waals surface area contributed by atoms with Gasteiger partial charge in [0.1, 0.15) is 0 Å². The average Bonchev–Trinajstić information content (AvgIpc) is 1.61. The summed E-state index contributed by atoms with van der Waals surface area (Å²) in [6, 6.07) is 0. The van der Waals surface area contributed by atoms with Gasteiger partial charge in [-0.2, -0.15) is 0 Å². The summed E-state index contributed by atoms with van der Waals surface area (Å²) in [7, 11) is 0. The van der Waals surface area contributed by atoms with Crippen molar-refractivity contribution in [3.05, 3.63) is 36.3 Å². The Kier molecular flexibility index (Phi) is 2.79. The molecule has 0 rings (SSSR count). The summed E-state index contributed by atoms with van der Waals surface area (Å²) in [6.45, 7) is 8.82. The summed E-state index contributed by atoms with van der Waals surface area (Å²) in [6.07, 6.45) is 1.73. The van der Waals surface area contributed by atoms with E-state index >= 15 is 0 Å². The van der Waals surface area contributed by atoms with E-state index in [2.05, 4.69) is 24.6 Å². The van der Waals surface area contributed by atoms with E-state index < -0.39 is 0 Å². The molecule has 7 heavy (non-hydrogen) atoms. The summed E-state index contributed by atoms with van der Waals surface area (Å²) in [4.78, 5) is 0. The molecule has 0 saturated carbocycles. The number of hydrogen-bond donors (Lipinski definition) is 0. The highest BCUT2D eigenvalue weighted by Crippen LogP contribution is 1.83. The van der Waals surface area contributed by atoms with Crippen molar-refractivity contribution in [2.75, 3.05) is 0 Å². The van der Waals surface area contributed by atoms with Crippen LogP contribution in [0.3, 0.4) is 0 Å². The van der Waals surface area contributed by atoms with Gasteiger partial charge in [-0.05, 0) is 25.2 Å². The second kappa shape index (κ2) is 3.24. The predicted octanol–water partition coefficient (Wildman–Crippen LogP) is 2.06. The van der Waals surface area contributed by atoms with E-state index in [0.717, 1.165) is 5.57 Å². The van der Waals surface area contributed by atoms with Gasteiger partial charge in [0.2, 0.25) is 0 Å². The first-order valence-corrected chi connectivity index (χ1v) is 2.03. The van der Waals surface area contributed by atoms with Crippen LogP contribution >= 0.6 is 0 Å². The fourth-order valence-electron chi connectivity index (χ4n) is 0.174. The number of rotatable bonds is 1. The Hall–Kier alpha value is -0.960. The number of allylic oxidation sites excluding steroid dienone is 2. The fourth-order valence-corrected chi connectivity index (χ4v) is 0.174. The van der Waals surface area contributed by atoms with Crippen molar-refractivity contribution in [3.8, 4) is 0 Å². The third kappa shape index (κ3) is 5.04. The van der Waals surface area contributed by atoms with E-state index in [9.17, 15) is 0 Å². The van der Waals surface area contributed by atoms with Crippen molar-refractivity contribution in [1.82, 2.24) is 0 Å². The van der Waals surface area contributed by atoms with Gasteiger partial charge >= 0.3 is 0 Å². The molecule has 0 heteroatoms. The van der Waals surface area contributed by atoms with Crippen molar-refractivity contribution in [2.45, 2.75) is 6.92 Å². The van der Waals surface area contributed by atoms with Gasteiger partial charge in [-0.15, -0.1) is 0 Å². The van der Waals surface area contributed by atoms with Gasteiger partial charge in [0.25, 0.3) is 0 Å². The average molecular weight is 92.1 g/mol. The maximum atomic E-state index is 3.61. The normalized spacial score (nSPS) is 5.86. The van der Waals surface area contributed by atoms with Crippen LogP contribution in [0.4, 0.5) is 0 Å². The second-order valence-electron chi connectivity index (χ2n) is 1.31. The maximum absolute atomic E-state index is 3.61. The van der Waals surface area contributed by atoms with Crippen LogP contribution in [-0.2, 0) is 0 Å². The molecule has 0 aromatic heterocycles. The minimum Gasteiger partial charge on any atom is -0.0955 e. The van der Waals surface area contributed by atoms with Gasteiger partial charge in [0.15, 0.2) is 0 Å². The Morgan fingerprint density at radius 2 is 2.29 bits per heavy atom. The molecular formula is C7H8. The van der Waals surface area contributed by atoms with Crippen molar-refractivity contribution >= 4 is 0 Å². The first-order chi connectivity index (χ1) is 3.27. The molecule has 0 radical (unpaired) electrons. The van der Waals surface area contributed by atoms with E-state index in [0.29, 0.717) is 0 Å². The smallest absolute Gasteiger partial charge is 0.00922 e. The Labute approximate surface area is 44.2 Å². The molecule has 0 unspecified atom stereocenters. The summed E-state index contributed by atoms with van der Waals surface area (Å²) < 4.78 is 0. The Morgan fingerprint density at radius 3 is 2.43 bits per heavy atom. The van der Waals surface area contributed by atoms with Crippen LogP contribution in [-0.4, -0.2) is 0 Å². The lowest BCUT2D eigenvalue weighted by Gasteiger charge is -1.72. The van der Waals surface area contributed by atoms with Crippen molar-refractivity contribution in [3.63, 3.8) is 0 Å². The van der Waals surface area contributed by atoms with Gasteiger partial charge in [0, 0.05) is 0 Å². The molecule has 0 aliphatic heterocycles. The summed E-state index contributed by atoms with van der Waals surface area (Å²) in [5.74, 6) is 0. The van der Waals surface area contributed by atoms with Crippen LogP contribution < -0.4 is 0 Å². The molecule has 0 fully saturated rings. The Bertz CT molecular complexity index is 139. The Morgan fingerprint density at radius 1 is 1.71 bits per heavy atom. The van der Waals surface area contributed by atoms with Crippen LogP contribution in [0.1, 0.15) is 6.92 Å². The zero-order valence-corrected chi connectivity index (χ0v) is 4.49. The van der Waals surface area contributed by atoms with Crippen molar-refractivity contribution in [1.29, 1.82) is 0 Å².